The van der Waals surface area contributed by atoms with Crippen molar-refractivity contribution >= 4 is 21.7 Å². The molecule has 114 valence electrons. The Morgan fingerprint density at radius 1 is 1.24 bits per heavy atom. The predicted molar refractivity (Wildman–Crippen MR) is 77.2 cm³/mol. The molecule has 1 atom stereocenters. The first-order chi connectivity index (χ1) is 9.82. The summed E-state index contributed by atoms with van der Waals surface area (Å²) < 4.78 is 22.7. The van der Waals surface area contributed by atoms with Crippen LogP contribution in [0.3, 0.4) is 0 Å². The van der Waals surface area contributed by atoms with Gasteiger partial charge in [-0.05, 0) is 24.6 Å². The second-order valence-electron chi connectivity index (χ2n) is 5.03. The van der Waals surface area contributed by atoms with Gasteiger partial charge in [-0.3, -0.25) is 14.5 Å². The summed E-state index contributed by atoms with van der Waals surface area (Å²) in [6.45, 7) is 2.56. The van der Waals surface area contributed by atoms with E-state index in [-0.39, 0.29) is 23.1 Å². The maximum absolute atomic E-state index is 11.9. The molecule has 0 aromatic heterocycles. The molecule has 1 aliphatic rings. The minimum atomic E-state index is -3.20. The Morgan fingerprint density at radius 2 is 1.86 bits per heavy atom. The molecule has 0 spiro atoms. The van der Waals surface area contributed by atoms with Crippen LogP contribution in [0.5, 0.6) is 0 Å². The second kappa shape index (κ2) is 5.95. The van der Waals surface area contributed by atoms with Crippen LogP contribution in [0.25, 0.3) is 0 Å². The van der Waals surface area contributed by atoms with Gasteiger partial charge in [-0.25, -0.2) is 8.42 Å². The number of carbonyl (C=O) groups is 2. The van der Waals surface area contributed by atoms with Crippen LogP contribution in [-0.2, 0) is 26.0 Å². The van der Waals surface area contributed by atoms with Gasteiger partial charge in [0.05, 0.1) is 17.4 Å². The predicted octanol–water partition coefficient (Wildman–Crippen LogP) is 0.327. The number of hydrogen-bond donors (Lipinski definition) is 1. The van der Waals surface area contributed by atoms with E-state index >= 15 is 0 Å². The van der Waals surface area contributed by atoms with E-state index in [1.807, 2.05) is 0 Å². The zero-order chi connectivity index (χ0) is 15.6. The first kappa shape index (κ1) is 15.7. The van der Waals surface area contributed by atoms with E-state index in [0.717, 1.165) is 11.8 Å². The third kappa shape index (κ3) is 3.48. The maximum atomic E-state index is 11.9. The number of hydrogen-bond acceptors (Lipinski definition) is 5. The molecule has 21 heavy (non-hydrogen) atoms. The van der Waals surface area contributed by atoms with E-state index < -0.39 is 15.9 Å². The lowest BCUT2D eigenvalue weighted by Crippen LogP contribution is -2.38. The summed E-state index contributed by atoms with van der Waals surface area (Å²) in [6.07, 6.45) is 1.33. The normalized spacial score (nSPS) is 19.3. The van der Waals surface area contributed by atoms with E-state index in [1.54, 1.807) is 19.1 Å². The van der Waals surface area contributed by atoms with Gasteiger partial charge < -0.3 is 5.32 Å². The Kier molecular flexibility index (Phi) is 4.43. The summed E-state index contributed by atoms with van der Waals surface area (Å²) in [5.74, 6) is -0.359. The molecule has 1 heterocycles. The van der Waals surface area contributed by atoms with Gasteiger partial charge in [0.2, 0.25) is 11.8 Å². The average Bonchev–Trinajstić information content (AvgIpc) is 2.70. The van der Waals surface area contributed by atoms with E-state index in [9.17, 15) is 18.0 Å². The number of nitrogens with one attached hydrogen (secondary N) is 1. The number of nitrogens with zero attached hydrogens (tertiary/aromatic N) is 1. The van der Waals surface area contributed by atoms with Crippen molar-refractivity contribution in [1.82, 2.24) is 10.2 Å². The standard InChI is InChI=1S/C14H18N2O4S/c1-3-16-13(17)8-12(14(16)18)15-9-10-4-6-11(7-5-10)21(2,19)20/h4-7,12,15H,3,8-9H2,1-2H3. The van der Waals surface area contributed by atoms with Crippen molar-refractivity contribution < 1.29 is 18.0 Å². The van der Waals surface area contributed by atoms with Gasteiger partial charge in [0.15, 0.2) is 9.84 Å². The van der Waals surface area contributed by atoms with E-state index in [2.05, 4.69) is 5.32 Å². The van der Waals surface area contributed by atoms with Crippen molar-refractivity contribution in [2.24, 2.45) is 0 Å². The number of amides is 2. The second-order valence-corrected chi connectivity index (χ2v) is 7.05. The van der Waals surface area contributed by atoms with Gasteiger partial charge in [-0.1, -0.05) is 12.1 Å². The monoisotopic (exact) mass is 310 g/mol. The summed E-state index contributed by atoms with van der Waals surface area (Å²) >= 11 is 0. The largest absolute Gasteiger partial charge is 0.301 e. The highest BCUT2D eigenvalue weighted by Gasteiger charge is 2.36. The molecule has 1 saturated heterocycles. The zero-order valence-electron chi connectivity index (χ0n) is 12.0. The summed E-state index contributed by atoms with van der Waals surface area (Å²) in [7, 11) is -3.20. The number of benzene rings is 1. The van der Waals surface area contributed by atoms with Crippen molar-refractivity contribution in [2.45, 2.75) is 30.8 Å². The Hall–Kier alpha value is -1.73. The highest BCUT2D eigenvalue weighted by atomic mass is 32.2. The molecule has 7 heteroatoms. The number of likely N-dealkylation sites (N-methyl/N-ethyl adjacent to an activating group) is 1. The molecule has 1 N–H and O–H groups in total. The maximum Gasteiger partial charge on any atom is 0.246 e. The molecule has 1 aromatic carbocycles. The minimum absolute atomic E-state index is 0.160. The third-order valence-corrected chi connectivity index (χ3v) is 4.59. The Bertz CT molecular complexity index is 652. The van der Waals surface area contributed by atoms with Crippen molar-refractivity contribution in [3.63, 3.8) is 0 Å². The Balaban J connectivity index is 1.98. The van der Waals surface area contributed by atoms with Gasteiger partial charge in [0.25, 0.3) is 0 Å². The van der Waals surface area contributed by atoms with Crippen LogP contribution >= 0.6 is 0 Å². The fraction of sp³-hybridized carbons (Fsp3) is 0.429. The van der Waals surface area contributed by atoms with E-state index in [1.165, 1.54) is 17.0 Å². The fourth-order valence-electron chi connectivity index (χ4n) is 2.27. The number of sulfone groups is 1. The smallest absolute Gasteiger partial charge is 0.246 e. The first-order valence-corrected chi connectivity index (χ1v) is 8.58. The molecular formula is C14H18N2O4S. The molecule has 0 bridgehead atoms. The van der Waals surface area contributed by atoms with Crippen LogP contribution in [0.15, 0.2) is 29.2 Å². The molecule has 1 fully saturated rings. The minimum Gasteiger partial charge on any atom is -0.301 e. The van der Waals surface area contributed by atoms with Crippen LogP contribution in [0, 0.1) is 0 Å². The molecule has 0 saturated carbocycles. The fourth-order valence-corrected chi connectivity index (χ4v) is 2.90. The number of imide groups is 1. The van der Waals surface area contributed by atoms with Crippen molar-refractivity contribution in [3.05, 3.63) is 29.8 Å². The van der Waals surface area contributed by atoms with Gasteiger partial charge in [0.1, 0.15) is 0 Å². The summed E-state index contributed by atoms with van der Waals surface area (Å²) in [5.41, 5.74) is 0.859. The highest BCUT2D eigenvalue weighted by molar-refractivity contribution is 7.90. The van der Waals surface area contributed by atoms with Gasteiger partial charge in [-0.2, -0.15) is 0 Å². The van der Waals surface area contributed by atoms with Crippen molar-refractivity contribution in [2.75, 3.05) is 12.8 Å². The van der Waals surface area contributed by atoms with Crippen LogP contribution in [-0.4, -0.2) is 44.0 Å². The zero-order valence-corrected chi connectivity index (χ0v) is 12.8. The first-order valence-electron chi connectivity index (χ1n) is 6.69. The quantitative estimate of drug-likeness (QED) is 0.792. The molecule has 2 rings (SSSR count). The van der Waals surface area contributed by atoms with E-state index in [0.29, 0.717) is 13.1 Å². The van der Waals surface area contributed by atoms with Crippen LogP contribution < -0.4 is 5.32 Å². The Morgan fingerprint density at radius 3 is 2.33 bits per heavy atom. The molecule has 1 aliphatic heterocycles. The lowest BCUT2D eigenvalue weighted by molar-refractivity contribution is -0.138. The summed E-state index contributed by atoms with van der Waals surface area (Å²) in [6, 6.07) is 5.97. The molecule has 1 aromatic rings. The van der Waals surface area contributed by atoms with Gasteiger partial charge in [-0.15, -0.1) is 0 Å². The third-order valence-electron chi connectivity index (χ3n) is 3.46. The van der Waals surface area contributed by atoms with Crippen molar-refractivity contribution in [1.29, 1.82) is 0 Å². The number of carbonyl (C=O) groups excluding carboxylic acids is 2. The van der Waals surface area contributed by atoms with Crippen molar-refractivity contribution in [3.8, 4) is 0 Å². The SMILES string of the molecule is CCN1C(=O)CC(NCc2ccc(S(C)(=O)=O)cc2)C1=O. The highest BCUT2D eigenvalue weighted by Crippen LogP contribution is 2.14. The lowest BCUT2D eigenvalue weighted by atomic mass is 10.2. The lowest BCUT2D eigenvalue weighted by Gasteiger charge is -2.13. The number of rotatable bonds is 5. The van der Waals surface area contributed by atoms with Crippen LogP contribution in [0.4, 0.5) is 0 Å². The molecule has 0 radical (unpaired) electrons. The Labute approximate surface area is 124 Å². The summed E-state index contributed by atoms with van der Waals surface area (Å²) in [4.78, 5) is 25.0. The molecule has 1 unspecified atom stereocenters. The van der Waals surface area contributed by atoms with Crippen LogP contribution in [0.1, 0.15) is 18.9 Å². The molecule has 6 nitrogen and oxygen atoms in total. The molecule has 2 amide bonds. The van der Waals surface area contributed by atoms with E-state index in [4.69, 9.17) is 0 Å². The summed E-state index contributed by atoms with van der Waals surface area (Å²) in [5, 5.41) is 3.04. The number of likely N-dealkylation sites (tertiary alicyclic amines) is 1. The molecular weight excluding hydrogens is 292 g/mol. The van der Waals surface area contributed by atoms with Crippen LogP contribution in [0.2, 0.25) is 0 Å². The topological polar surface area (TPSA) is 83.6 Å². The van der Waals surface area contributed by atoms with Gasteiger partial charge in [0, 0.05) is 19.3 Å². The molecule has 0 aliphatic carbocycles. The van der Waals surface area contributed by atoms with Gasteiger partial charge >= 0.3 is 0 Å². The average molecular weight is 310 g/mol.